The Morgan fingerprint density at radius 1 is 1.25 bits per heavy atom. The highest BCUT2D eigenvalue weighted by Crippen LogP contribution is 2.17. The van der Waals surface area contributed by atoms with Crippen LogP contribution in [0.3, 0.4) is 0 Å². The van der Waals surface area contributed by atoms with E-state index in [1.54, 1.807) is 0 Å². The minimum absolute atomic E-state index is 0.402. The highest BCUT2D eigenvalue weighted by molar-refractivity contribution is 9.09. The summed E-state index contributed by atoms with van der Waals surface area (Å²) in [6.45, 7) is 0. The van der Waals surface area contributed by atoms with Gasteiger partial charge in [-0.15, -0.1) is 0 Å². The zero-order valence-corrected chi connectivity index (χ0v) is 8.79. The molecule has 4 heteroatoms. The lowest BCUT2D eigenvalue weighted by molar-refractivity contribution is 0.607. The molecule has 66 valence electrons. The number of hydrogen-bond donors (Lipinski definition) is 1. The van der Waals surface area contributed by atoms with Crippen molar-refractivity contribution in [2.75, 3.05) is 5.33 Å². The highest BCUT2D eigenvalue weighted by atomic mass is 79.9. The van der Waals surface area contributed by atoms with Crippen molar-refractivity contribution in [3.05, 3.63) is 35.9 Å². The van der Waals surface area contributed by atoms with Crippen molar-refractivity contribution in [3.8, 4) is 0 Å². The van der Waals surface area contributed by atoms with Gasteiger partial charge in [0.15, 0.2) is 0 Å². The zero-order chi connectivity index (χ0) is 8.97. The van der Waals surface area contributed by atoms with Crippen LogP contribution in [-0.4, -0.2) is 13.7 Å². The fourth-order valence-electron chi connectivity index (χ4n) is 0.942. The van der Waals surface area contributed by atoms with Gasteiger partial charge in [-0.25, -0.2) is 8.42 Å². The summed E-state index contributed by atoms with van der Waals surface area (Å²) >= 11 is 3.17. The van der Waals surface area contributed by atoms with E-state index in [4.69, 9.17) is 0 Å². The predicted octanol–water partition coefficient (Wildman–Crippen LogP) is 1.73. The third-order valence-electron chi connectivity index (χ3n) is 1.58. The summed E-state index contributed by atoms with van der Waals surface area (Å²) in [5.74, 6) is 0. The molecule has 0 N–H and O–H groups in total. The first-order valence-corrected chi connectivity index (χ1v) is 5.87. The topological polar surface area (TPSA) is 34.1 Å². The van der Waals surface area contributed by atoms with Crippen LogP contribution in [0.15, 0.2) is 30.3 Å². The molecule has 0 aliphatic heterocycles. The molecule has 0 saturated heterocycles. The van der Waals surface area contributed by atoms with Crippen molar-refractivity contribution in [1.29, 1.82) is 0 Å². The number of rotatable bonds is 3. The van der Waals surface area contributed by atoms with Crippen LogP contribution in [0.4, 0.5) is 0 Å². The molecule has 0 saturated carbocycles. The molecule has 1 aromatic rings. The molecule has 1 atom stereocenters. The van der Waals surface area contributed by atoms with Gasteiger partial charge in [-0.3, -0.25) is 0 Å². The molecule has 1 aromatic carbocycles. The molecule has 0 aromatic heterocycles. The lowest BCUT2D eigenvalue weighted by Crippen LogP contribution is -2.01. The molecule has 0 aliphatic carbocycles. The Balaban J connectivity index is 2.95. The second kappa shape index (κ2) is 4.62. The fraction of sp³-hybridized carbons (Fsp3) is 0.250. The van der Waals surface area contributed by atoms with E-state index in [-0.39, 0.29) is 0 Å². The third-order valence-corrected chi connectivity index (χ3v) is 3.72. The van der Waals surface area contributed by atoms with Crippen LogP contribution >= 0.6 is 15.9 Å². The molecule has 1 unspecified atom stereocenters. The van der Waals surface area contributed by atoms with Gasteiger partial charge in [0.2, 0.25) is 0 Å². The van der Waals surface area contributed by atoms with E-state index >= 15 is 0 Å². The minimum Gasteiger partial charge on any atom is -0.231 e. The Hall–Kier alpha value is -0.350. The quantitative estimate of drug-likeness (QED) is 0.654. The maximum Gasteiger partial charge on any atom is 0.147 e. The molecule has 0 fully saturated rings. The summed E-state index contributed by atoms with van der Waals surface area (Å²) in [5.41, 5.74) is 0.838. The van der Waals surface area contributed by atoms with Crippen molar-refractivity contribution in [3.63, 3.8) is 0 Å². The largest absolute Gasteiger partial charge is 0.231 e. The average molecular weight is 249 g/mol. The monoisotopic (exact) mass is 248 g/mol. The first-order valence-electron chi connectivity index (χ1n) is 3.50. The van der Waals surface area contributed by atoms with Crippen molar-refractivity contribution >= 4 is 26.6 Å². The van der Waals surface area contributed by atoms with Gasteiger partial charge < -0.3 is 0 Å². The summed E-state index contributed by atoms with van der Waals surface area (Å²) < 4.78 is 21.5. The Morgan fingerprint density at radius 2 is 1.83 bits per heavy atom. The molecule has 12 heavy (non-hydrogen) atoms. The van der Waals surface area contributed by atoms with E-state index in [1.165, 1.54) is 0 Å². The van der Waals surface area contributed by atoms with Gasteiger partial charge in [-0.05, 0) is 5.56 Å². The molecule has 2 nitrogen and oxygen atoms in total. The summed E-state index contributed by atoms with van der Waals surface area (Å²) in [4.78, 5) is 0. The molecule has 0 spiro atoms. The van der Waals surface area contributed by atoms with Crippen LogP contribution in [-0.2, 0) is 10.7 Å². The van der Waals surface area contributed by atoms with E-state index in [0.717, 1.165) is 5.56 Å². The predicted molar refractivity (Wildman–Crippen MR) is 53.3 cm³/mol. The molecule has 1 rings (SSSR count). The van der Waals surface area contributed by atoms with Gasteiger partial charge in [0.1, 0.15) is 10.7 Å². The van der Waals surface area contributed by atoms with Gasteiger partial charge in [0.05, 0.1) is 5.25 Å². The van der Waals surface area contributed by atoms with Crippen LogP contribution in [0.5, 0.6) is 0 Å². The Kier molecular flexibility index (Phi) is 3.75. The van der Waals surface area contributed by atoms with Gasteiger partial charge >= 0.3 is 0 Å². The number of hydrogen-bond acceptors (Lipinski definition) is 2. The van der Waals surface area contributed by atoms with Crippen LogP contribution < -0.4 is 0 Å². The molecule has 0 bridgehead atoms. The van der Waals surface area contributed by atoms with Crippen LogP contribution in [0.25, 0.3) is 0 Å². The Labute approximate surface area is 81.7 Å². The number of halogens is 1. The lowest BCUT2D eigenvalue weighted by Gasteiger charge is -2.05. The molecule has 0 heterocycles. The van der Waals surface area contributed by atoms with Crippen LogP contribution in [0.1, 0.15) is 10.8 Å². The second-order valence-corrected chi connectivity index (χ2v) is 4.21. The molecule has 0 aliphatic rings. The van der Waals surface area contributed by atoms with Crippen molar-refractivity contribution in [2.45, 2.75) is 5.25 Å². The smallest absolute Gasteiger partial charge is 0.147 e. The average Bonchev–Trinajstić information content (AvgIpc) is 2.07. The number of alkyl halides is 1. The Morgan fingerprint density at radius 3 is 2.25 bits per heavy atom. The van der Waals surface area contributed by atoms with Gasteiger partial charge in [0, 0.05) is 5.33 Å². The minimum atomic E-state index is -2.39. The SMILES string of the molecule is O=[SH](=O)C(CBr)c1ccccc1. The summed E-state index contributed by atoms with van der Waals surface area (Å²) in [6.07, 6.45) is 0. The molecular weight excluding hydrogens is 240 g/mol. The number of benzene rings is 1. The lowest BCUT2D eigenvalue weighted by atomic mass is 10.2. The first kappa shape index (κ1) is 9.74. The third kappa shape index (κ3) is 2.32. The van der Waals surface area contributed by atoms with Crippen LogP contribution in [0, 0.1) is 0 Å². The maximum absolute atomic E-state index is 10.7. The van der Waals surface area contributed by atoms with Crippen molar-refractivity contribution in [2.24, 2.45) is 0 Å². The Bertz CT molecular complexity index is 300. The molecular formula is C8H9BrO2S. The van der Waals surface area contributed by atoms with E-state index in [2.05, 4.69) is 15.9 Å². The normalized spacial score (nSPS) is 13.2. The van der Waals surface area contributed by atoms with E-state index < -0.39 is 16.0 Å². The van der Waals surface area contributed by atoms with Crippen LogP contribution in [0.2, 0.25) is 0 Å². The molecule has 0 radical (unpaired) electrons. The zero-order valence-electron chi connectivity index (χ0n) is 6.31. The second-order valence-electron chi connectivity index (χ2n) is 2.37. The van der Waals surface area contributed by atoms with E-state index in [9.17, 15) is 8.42 Å². The molecule has 0 amide bonds. The highest BCUT2D eigenvalue weighted by Gasteiger charge is 2.11. The fourth-order valence-corrected chi connectivity index (χ4v) is 2.55. The van der Waals surface area contributed by atoms with Gasteiger partial charge in [0.25, 0.3) is 0 Å². The standard InChI is InChI=1S/C8H9BrO2S/c9-6-8(12(10)11)7-4-2-1-3-5-7/h1-5,8,12H,6H2. The summed E-state index contributed by atoms with van der Waals surface area (Å²) in [7, 11) is -2.39. The number of thiol groups is 1. The first-order chi connectivity index (χ1) is 5.75. The van der Waals surface area contributed by atoms with E-state index in [1.807, 2.05) is 30.3 Å². The summed E-state index contributed by atoms with van der Waals surface area (Å²) in [6, 6.07) is 9.18. The van der Waals surface area contributed by atoms with Gasteiger partial charge in [-0.2, -0.15) is 0 Å². The summed E-state index contributed by atoms with van der Waals surface area (Å²) in [5, 5.41) is 0.0524. The van der Waals surface area contributed by atoms with Crippen molar-refractivity contribution in [1.82, 2.24) is 0 Å². The van der Waals surface area contributed by atoms with E-state index in [0.29, 0.717) is 5.33 Å². The van der Waals surface area contributed by atoms with Crippen molar-refractivity contribution < 1.29 is 8.42 Å². The van der Waals surface area contributed by atoms with Gasteiger partial charge in [-0.1, -0.05) is 46.3 Å². The maximum atomic E-state index is 10.7.